The van der Waals surface area contributed by atoms with E-state index in [0.717, 1.165) is 6.07 Å². The van der Waals surface area contributed by atoms with Crippen LogP contribution >= 0.6 is 0 Å². The predicted molar refractivity (Wildman–Crippen MR) is 183 cm³/mol. The van der Waals surface area contributed by atoms with Crippen LogP contribution in [-0.4, -0.2) is 0 Å². The smallest absolute Gasteiger partial charge is 0.135 e. The Morgan fingerprint density at radius 1 is 0.372 bits per heavy atom. The minimum Gasteiger partial charge on any atom is -0.456 e. The van der Waals surface area contributed by atoms with E-state index in [0.29, 0.717) is 0 Å². The quantitative estimate of drug-likeness (QED) is 0.192. The van der Waals surface area contributed by atoms with Crippen molar-refractivity contribution in [1.82, 2.24) is 0 Å². The molecule has 1 heteroatoms. The minimum absolute atomic E-state index is 0.266. The summed E-state index contributed by atoms with van der Waals surface area (Å²) in [5, 5.41) is -4.30. The zero-order chi connectivity index (χ0) is 50.1. The van der Waals surface area contributed by atoms with Gasteiger partial charge in [0.05, 0.1) is 34.3 Å². The maximum absolute atomic E-state index is 9.59. The molecule has 0 N–H and O–H groups in total. The minimum atomic E-state index is -1.05. The Morgan fingerprint density at radius 2 is 0.907 bits per heavy atom. The lowest BCUT2D eigenvalue weighted by Gasteiger charge is -2.18. The molecule has 0 radical (unpaired) electrons. The molecule has 8 aromatic carbocycles. The van der Waals surface area contributed by atoms with Gasteiger partial charge in [0.25, 0.3) is 0 Å². The largest absolute Gasteiger partial charge is 0.456 e. The van der Waals surface area contributed by atoms with Crippen molar-refractivity contribution in [2.24, 2.45) is 0 Å². The van der Waals surface area contributed by atoms with E-state index >= 15 is 0 Å². The predicted octanol–water partition coefficient (Wildman–Crippen LogP) is 12.0. The van der Waals surface area contributed by atoms with Crippen LogP contribution in [0.5, 0.6) is 0 Å². The first kappa shape index (κ1) is 9.97. The number of furan rings is 1. The summed E-state index contributed by atoms with van der Waals surface area (Å²) < 4.78 is 228. The van der Waals surface area contributed by atoms with Crippen LogP contribution in [0.4, 0.5) is 0 Å². The lowest BCUT2D eigenvalue weighted by atomic mass is 9.85. The zero-order valence-electron chi connectivity index (χ0n) is 46.5. The number of rotatable bonds is 3. The van der Waals surface area contributed by atoms with E-state index < -0.39 is 222 Å². The SMILES string of the molecule is [2H]c1cc2oc3c([2H])c([2H])c([2H])c([2H])c3c2c([2H])c1-c1c2c([2H])c([2H])c([2H])c([2H])c2c(-c2c([2H])c([2H])c(-c3c([2H])c([2H])c([2H])c4c([2H])c([2H])c([2H])c([2H])c34)c([2H])c2[2H])c2c([2H])c([2H])c([2H])c([2H])c12. The number of para-hydroxylation sites is 1. The lowest BCUT2D eigenvalue weighted by Crippen LogP contribution is -1.91. The zero-order valence-corrected chi connectivity index (χ0v) is 21.5. The average molecular weight is 572 g/mol. The van der Waals surface area contributed by atoms with Gasteiger partial charge in [-0.3, -0.25) is 0 Å². The molecule has 0 unspecified atom stereocenters. The molecule has 0 bridgehead atoms. The molecular formula is C42H26O. The standard InChI is InChI=1S/C42H26O/c1-2-12-31-27(10-1)11-9-18-32(31)28-20-22-29(23-21-28)41-34-14-3-5-16-36(34)42(37-17-6-4-15-35(37)41)30-24-25-40-38(26-30)33-13-7-8-19-39(33)43-40/h1-26H/i1D,2D,3D,4D,5D,6D,7D,8D,9D,10D,11D,12D,13D,14D,15D,16D,17D,18D,19D,20D,21D,22D,23D,24D,26D. The maximum atomic E-state index is 9.59. The van der Waals surface area contributed by atoms with Gasteiger partial charge in [0.15, 0.2) is 0 Å². The van der Waals surface area contributed by atoms with E-state index in [9.17, 15) is 13.7 Å². The highest BCUT2D eigenvalue weighted by Crippen LogP contribution is 2.45. The molecule has 0 atom stereocenters. The first-order valence-electron chi connectivity index (χ1n) is 25.2. The van der Waals surface area contributed by atoms with Crippen molar-refractivity contribution in [3.05, 3.63) is 157 Å². The molecule has 0 aliphatic rings. The summed E-state index contributed by atoms with van der Waals surface area (Å²) in [5.41, 5.74) is -4.73. The van der Waals surface area contributed by atoms with Crippen molar-refractivity contribution in [1.29, 1.82) is 0 Å². The van der Waals surface area contributed by atoms with E-state index in [1.165, 1.54) is 0 Å². The normalized spacial score (nSPS) is 19.9. The third-order valence-corrected chi connectivity index (χ3v) is 7.02. The Kier molecular flexibility index (Phi) is 2.19. The second kappa shape index (κ2) is 9.44. The average Bonchev–Trinajstić information content (AvgIpc) is 3.69. The highest BCUT2D eigenvalue weighted by atomic mass is 16.3. The fourth-order valence-electron chi connectivity index (χ4n) is 5.18. The Morgan fingerprint density at radius 3 is 1.60 bits per heavy atom. The highest BCUT2D eigenvalue weighted by Gasteiger charge is 2.18. The summed E-state index contributed by atoms with van der Waals surface area (Å²) in [7, 11) is 0. The summed E-state index contributed by atoms with van der Waals surface area (Å²) >= 11 is 0. The first-order valence-corrected chi connectivity index (χ1v) is 12.7. The van der Waals surface area contributed by atoms with Crippen molar-refractivity contribution < 1.29 is 38.7 Å². The molecule has 0 saturated carbocycles. The summed E-state index contributed by atoms with van der Waals surface area (Å²) in [6.45, 7) is 0. The second-order valence-electron chi connectivity index (χ2n) is 9.33. The molecule has 1 nitrogen and oxygen atoms in total. The Hall–Kier alpha value is -5.66. The molecule has 9 aromatic rings. The van der Waals surface area contributed by atoms with Crippen molar-refractivity contribution in [2.75, 3.05) is 0 Å². The molecule has 9 rings (SSSR count). The fourth-order valence-corrected chi connectivity index (χ4v) is 5.18. The van der Waals surface area contributed by atoms with Crippen molar-refractivity contribution in [3.8, 4) is 33.4 Å². The Bertz CT molecular complexity index is 3790. The molecule has 200 valence electrons. The van der Waals surface area contributed by atoms with Crippen LogP contribution in [0.15, 0.2) is 162 Å². The van der Waals surface area contributed by atoms with Crippen LogP contribution in [0.1, 0.15) is 34.3 Å². The van der Waals surface area contributed by atoms with Gasteiger partial charge in [-0.05, 0) is 83.8 Å². The molecule has 1 aromatic heterocycles. The van der Waals surface area contributed by atoms with Crippen molar-refractivity contribution in [3.63, 3.8) is 0 Å². The number of benzene rings is 8. The molecule has 1 heterocycles. The second-order valence-corrected chi connectivity index (χ2v) is 9.33. The van der Waals surface area contributed by atoms with Gasteiger partial charge < -0.3 is 4.42 Å². The molecule has 0 spiro atoms. The Labute approximate surface area is 284 Å². The molecule has 0 aliphatic heterocycles. The lowest BCUT2D eigenvalue weighted by molar-refractivity contribution is 0.669. The van der Waals surface area contributed by atoms with Gasteiger partial charge in [-0.2, -0.15) is 0 Å². The molecule has 0 aliphatic carbocycles. The van der Waals surface area contributed by atoms with E-state index in [2.05, 4.69) is 0 Å². The van der Waals surface area contributed by atoms with E-state index in [1.807, 2.05) is 0 Å². The number of hydrogen-bond acceptors (Lipinski definition) is 1. The van der Waals surface area contributed by atoms with Crippen LogP contribution in [0, 0.1) is 0 Å². The molecular weight excluding hydrogens is 520 g/mol. The Balaban J connectivity index is 1.55. The van der Waals surface area contributed by atoms with Crippen LogP contribution in [0.2, 0.25) is 0 Å². The molecule has 0 fully saturated rings. The van der Waals surface area contributed by atoms with Crippen LogP contribution < -0.4 is 0 Å². The van der Waals surface area contributed by atoms with Gasteiger partial charge in [-0.1, -0.05) is 139 Å². The van der Waals surface area contributed by atoms with Gasteiger partial charge in [0, 0.05) is 10.8 Å². The molecule has 43 heavy (non-hydrogen) atoms. The van der Waals surface area contributed by atoms with E-state index in [1.54, 1.807) is 0 Å². The van der Waals surface area contributed by atoms with Gasteiger partial charge in [-0.25, -0.2) is 0 Å². The topological polar surface area (TPSA) is 13.1 Å². The van der Waals surface area contributed by atoms with Crippen LogP contribution in [-0.2, 0) is 0 Å². The summed E-state index contributed by atoms with van der Waals surface area (Å²) in [6.07, 6.45) is 0. The molecule has 0 saturated heterocycles. The van der Waals surface area contributed by atoms with Crippen LogP contribution in [0.25, 0.3) is 87.6 Å². The maximum Gasteiger partial charge on any atom is 0.135 e. The summed E-state index contributed by atoms with van der Waals surface area (Å²) in [6, 6.07) is -20.4. The number of fused-ring (bicyclic) bond motifs is 6. The van der Waals surface area contributed by atoms with Crippen LogP contribution in [0.3, 0.4) is 0 Å². The third kappa shape index (κ3) is 3.72. The van der Waals surface area contributed by atoms with E-state index in [4.69, 9.17) is 25.0 Å². The van der Waals surface area contributed by atoms with Gasteiger partial charge >= 0.3 is 0 Å². The fraction of sp³-hybridized carbons (Fsp3) is 0. The number of hydrogen-bond donors (Lipinski definition) is 0. The molecule has 0 amide bonds. The summed E-state index contributed by atoms with van der Waals surface area (Å²) in [5.74, 6) is 0. The van der Waals surface area contributed by atoms with Gasteiger partial charge in [0.1, 0.15) is 11.2 Å². The summed E-state index contributed by atoms with van der Waals surface area (Å²) in [4.78, 5) is 0. The third-order valence-electron chi connectivity index (χ3n) is 7.02. The monoisotopic (exact) mass is 571 g/mol. The first-order chi connectivity index (χ1) is 31.7. The highest BCUT2D eigenvalue weighted by molar-refractivity contribution is 6.22. The van der Waals surface area contributed by atoms with Crippen molar-refractivity contribution >= 4 is 54.3 Å². The van der Waals surface area contributed by atoms with Gasteiger partial charge in [-0.15, -0.1) is 0 Å². The van der Waals surface area contributed by atoms with E-state index in [-0.39, 0.29) is 16.4 Å². The van der Waals surface area contributed by atoms with Crippen molar-refractivity contribution in [2.45, 2.75) is 0 Å². The van der Waals surface area contributed by atoms with Gasteiger partial charge in [0.2, 0.25) is 0 Å².